The van der Waals surface area contributed by atoms with Crippen LogP contribution in [0.5, 0.6) is 0 Å². The molecule has 0 saturated carbocycles. The van der Waals surface area contributed by atoms with Gasteiger partial charge in [0.25, 0.3) is 0 Å². The van der Waals surface area contributed by atoms with Crippen LogP contribution < -0.4 is 0 Å². The molecule has 0 radical (unpaired) electrons. The second kappa shape index (κ2) is 5.66. The highest BCUT2D eigenvalue weighted by Gasteiger charge is 1.99. The Morgan fingerprint density at radius 3 is 2.86 bits per heavy atom. The Kier molecular flexibility index (Phi) is 4.47. The van der Waals surface area contributed by atoms with E-state index in [1.54, 1.807) is 6.21 Å². The summed E-state index contributed by atoms with van der Waals surface area (Å²) in [6.45, 7) is 2.14. The zero-order chi connectivity index (χ0) is 10.4. The van der Waals surface area contributed by atoms with Crippen molar-refractivity contribution in [3.05, 3.63) is 34.3 Å². The Balaban J connectivity index is 2.83. The molecule has 0 fully saturated rings. The molecular weight excluding hydrogens is 198 g/mol. The molecule has 0 amide bonds. The fourth-order valence-electron chi connectivity index (χ4n) is 1.23. The van der Waals surface area contributed by atoms with Crippen LogP contribution in [0.4, 0.5) is 0 Å². The zero-order valence-corrected chi connectivity index (χ0v) is 9.21. The Bertz CT molecular complexity index is 323. The number of hydrogen-bond acceptors (Lipinski definition) is 2. The van der Waals surface area contributed by atoms with E-state index in [2.05, 4.69) is 16.9 Å². The van der Waals surface area contributed by atoms with Gasteiger partial charge < -0.3 is 4.84 Å². The molecule has 1 aromatic rings. The first kappa shape index (κ1) is 11.1. The molecule has 0 N–H and O–H groups in total. The molecule has 2 nitrogen and oxygen atoms in total. The van der Waals surface area contributed by atoms with E-state index in [0.29, 0.717) is 0 Å². The van der Waals surface area contributed by atoms with Gasteiger partial charge in [0, 0.05) is 5.02 Å². The van der Waals surface area contributed by atoms with E-state index in [9.17, 15) is 0 Å². The van der Waals surface area contributed by atoms with Crippen LogP contribution >= 0.6 is 11.6 Å². The highest BCUT2D eigenvalue weighted by molar-refractivity contribution is 6.31. The van der Waals surface area contributed by atoms with Crippen LogP contribution in [0.25, 0.3) is 0 Å². The Labute approximate surface area is 89.5 Å². The van der Waals surface area contributed by atoms with Gasteiger partial charge in [0.1, 0.15) is 7.11 Å². The molecule has 0 bridgehead atoms. The lowest BCUT2D eigenvalue weighted by Gasteiger charge is -2.02. The molecule has 0 atom stereocenters. The first-order chi connectivity index (χ1) is 6.77. The van der Waals surface area contributed by atoms with Crippen molar-refractivity contribution in [1.82, 2.24) is 0 Å². The highest BCUT2D eigenvalue weighted by atomic mass is 35.5. The first-order valence-corrected chi connectivity index (χ1v) is 5.00. The van der Waals surface area contributed by atoms with Gasteiger partial charge in [-0.25, -0.2) is 0 Å². The third-order valence-electron chi connectivity index (χ3n) is 1.90. The highest BCUT2D eigenvalue weighted by Crippen LogP contribution is 2.18. The van der Waals surface area contributed by atoms with E-state index in [-0.39, 0.29) is 0 Å². The van der Waals surface area contributed by atoms with Crippen LogP contribution in [0.1, 0.15) is 24.5 Å². The van der Waals surface area contributed by atoms with E-state index in [4.69, 9.17) is 11.6 Å². The molecular formula is C11H14ClNO. The summed E-state index contributed by atoms with van der Waals surface area (Å²) in [7, 11) is 1.52. The number of nitrogens with zero attached hydrogens (tertiary/aromatic N) is 1. The third-order valence-corrected chi connectivity index (χ3v) is 2.26. The van der Waals surface area contributed by atoms with Crippen molar-refractivity contribution >= 4 is 17.8 Å². The number of halogens is 1. The molecule has 0 aliphatic rings. The molecule has 14 heavy (non-hydrogen) atoms. The van der Waals surface area contributed by atoms with E-state index in [1.165, 1.54) is 12.7 Å². The summed E-state index contributed by atoms with van der Waals surface area (Å²) in [5.74, 6) is 0. The first-order valence-electron chi connectivity index (χ1n) is 4.63. The Morgan fingerprint density at radius 1 is 1.50 bits per heavy atom. The minimum absolute atomic E-state index is 0.798. The fraction of sp³-hybridized carbons (Fsp3) is 0.364. The van der Waals surface area contributed by atoms with Gasteiger partial charge in [0.05, 0.1) is 6.21 Å². The van der Waals surface area contributed by atoms with Gasteiger partial charge in [-0.3, -0.25) is 0 Å². The van der Waals surface area contributed by atoms with Crippen LogP contribution in [0.15, 0.2) is 23.4 Å². The number of hydrogen-bond donors (Lipinski definition) is 0. The molecule has 76 valence electrons. The summed E-state index contributed by atoms with van der Waals surface area (Å²) < 4.78 is 0. The molecule has 0 heterocycles. The van der Waals surface area contributed by atoms with Gasteiger partial charge in [-0.15, -0.1) is 0 Å². The van der Waals surface area contributed by atoms with Gasteiger partial charge >= 0.3 is 0 Å². The van der Waals surface area contributed by atoms with Crippen LogP contribution in [-0.4, -0.2) is 13.3 Å². The fourth-order valence-corrected chi connectivity index (χ4v) is 1.51. The normalized spacial score (nSPS) is 10.8. The van der Waals surface area contributed by atoms with Gasteiger partial charge in [-0.2, -0.15) is 0 Å². The van der Waals surface area contributed by atoms with Crippen molar-refractivity contribution in [1.29, 1.82) is 0 Å². The lowest BCUT2D eigenvalue weighted by atomic mass is 10.1. The van der Waals surface area contributed by atoms with E-state index >= 15 is 0 Å². The lowest BCUT2D eigenvalue weighted by Crippen LogP contribution is -1.88. The Morgan fingerprint density at radius 2 is 2.29 bits per heavy atom. The van der Waals surface area contributed by atoms with E-state index in [1.807, 2.05) is 18.2 Å². The van der Waals surface area contributed by atoms with Crippen molar-refractivity contribution in [2.24, 2.45) is 5.16 Å². The minimum atomic E-state index is 0.798. The average molecular weight is 212 g/mol. The topological polar surface area (TPSA) is 21.6 Å². The number of aryl methyl sites for hydroxylation is 1. The van der Waals surface area contributed by atoms with Crippen molar-refractivity contribution in [2.45, 2.75) is 19.8 Å². The average Bonchev–Trinajstić information content (AvgIpc) is 2.19. The molecule has 1 rings (SSSR count). The summed E-state index contributed by atoms with van der Waals surface area (Å²) in [4.78, 5) is 4.59. The summed E-state index contributed by atoms with van der Waals surface area (Å²) in [5.41, 5.74) is 2.14. The molecule has 0 aliphatic carbocycles. The largest absolute Gasteiger partial charge is 0.399 e. The molecule has 0 unspecified atom stereocenters. The summed E-state index contributed by atoms with van der Waals surface area (Å²) in [5, 5.41) is 4.47. The van der Waals surface area contributed by atoms with Gasteiger partial charge in [0.2, 0.25) is 0 Å². The van der Waals surface area contributed by atoms with Crippen LogP contribution in [0.3, 0.4) is 0 Å². The van der Waals surface area contributed by atoms with Crippen molar-refractivity contribution < 1.29 is 4.84 Å². The maximum absolute atomic E-state index is 6.08. The van der Waals surface area contributed by atoms with Crippen LogP contribution in [-0.2, 0) is 11.3 Å². The Hall–Kier alpha value is -1.02. The van der Waals surface area contributed by atoms with Gasteiger partial charge in [0.15, 0.2) is 0 Å². The predicted octanol–water partition coefficient (Wildman–Crippen LogP) is 3.27. The summed E-state index contributed by atoms with van der Waals surface area (Å²) in [6.07, 6.45) is 3.76. The molecule has 3 heteroatoms. The second-order valence-corrected chi connectivity index (χ2v) is 3.43. The van der Waals surface area contributed by atoms with Crippen molar-refractivity contribution in [3.8, 4) is 0 Å². The number of oxime groups is 1. The monoisotopic (exact) mass is 211 g/mol. The summed E-state index contributed by atoms with van der Waals surface area (Å²) >= 11 is 6.08. The molecule has 0 aliphatic heterocycles. The van der Waals surface area contributed by atoms with Gasteiger partial charge in [-0.1, -0.05) is 42.2 Å². The third kappa shape index (κ3) is 3.04. The van der Waals surface area contributed by atoms with Crippen LogP contribution in [0, 0.1) is 0 Å². The number of benzene rings is 1. The maximum Gasteiger partial charge on any atom is 0.106 e. The lowest BCUT2D eigenvalue weighted by molar-refractivity contribution is 0.215. The maximum atomic E-state index is 6.08. The smallest absolute Gasteiger partial charge is 0.106 e. The second-order valence-electron chi connectivity index (χ2n) is 3.02. The molecule has 1 aromatic carbocycles. The zero-order valence-electron chi connectivity index (χ0n) is 8.46. The van der Waals surface area contributed by atoms with Gasteiger partial charge in [-0.05, 0) is 23.6 Å². The predicted molar refractivity (Wildman–Crippen MR) is 60.1 cm³/mol. The molecule has 0 spiro atoms. The SMILES string of the molecule is CCCc1ccc(/C=N/OC)cc1Cl. The minimum Gasteiger partial charge on any atom is -0.399 e. The van der Waals surface area contributed by atoms with Crippen molar-refractivity contribution in [2.75, 3.05) is 7.11 Å². The molecule has 0 aromatic heterocycles. The van der Waals surface area contributed by atoms with Crippen molar-refractivity contribution in [3.63, 3.8) is 0 Å². The quantitative estimate of drug-likeness (QED) is 0.553. The molecule has 0 saturated heterocycles. The number of rotatable bonds is 4. The standard InChI is InChI=1S/C11H14ClNO/c1-3-4-10-6-5-9(7-11(10)12)8-13-14-2/h5-8H,3-4H2,1-2H3/b13-8+. The van der Waals surface area contributed by atoms with E-state index in [0.717, 1.165) is 23.4 Å². The summed E-state index contributed by atoms with van der Waals surface area (Å²) in [6, 6.07) is 5.91. The van der Waals surface area contributed by atoms with E-state index < -0.39 is 0 Å². The van der Waals surface area contributed by atoms with Crippen LogP contribution in [0.2, 0.25) is 5.02 Å².